The number of thiophene rings is 1. The lowest BCUT2D eigenvalue weighted by molar-refractivity contribution is 0.670. The first-order valence-electron chi connectivity index (χ1n) is 18.7. The molecule has 0 saturated heterocycles. The average Bonchev–Trinajstić information content (AvgIpc) is 3.83. The lowest BCUT2D eigenvalue weighted by Gasteiger charge is -2.27. The molecule has 0 radical (unpaired) electrons. The van der Waals surface area contributed by atoms with E-state index in [0.29, 0.717) is 0 Å². The number of hydrogen-bond donors (Lipinski definition) is 0. The molecule has 258 valence electrons. The van der Waals surface area contributed by atoms with Crippen LogP contribution in [0.1, 0.15) is 0 Å². The maximum absolute atomic E-state index is 6.75. The van der Waals surface area contributed by atoms with Crippen LogP contribution >= 0.6 is 11.3 Å². The van der Waals surface area contributed by atoms with Crippen LogP contribution in [0.4, 0.5) is 17.1 Å². The van der Waals surface area contributed by atoms with Gasteiger partial charge in [-0.25, -0.2) is 0 Å². The maximum Gasteiger partial charge on any atom is 0.145 e. The van der Waals surface area contributed by atoms with Crippen molar-refractivity contribution in [3.8, 4) is 33.4 Å². The Morgan fingerprint density at radius 2 is 1.07 bits per heavy atom. The molecule has 0 N–H and O–H groups in total. The highest BCUT2D eigenvalue weighted by Crippen LogP contribution is 2.48. The summed E-state index contributed by atoms with van der Waals surface area (Å²) in [6.45, 7) is 0. The molecule has 0 bridgehead atoms. The summed E-state index contributed by atoms with van der Waals surface area (Å²) in [5.41, 5.74) is 12.1. The lowest BCUT2D eigenvalue weighted by atomic mass is 9.99. The average molecular weight is 720 g/mol. The molecule has 9 aromatic carbocycles. The van der Waals surface area contributed by atoms with Crippen molar-refractivity contribution in [2.24, 2.45) is 0 Å². The van der Waals surface area contributed by atoms with Crippen molar-refractivity contribution in [2.45, 2.75) is 0 Å². The van der Waals surface area contributed by atoms with Crippen LogP contribution in [0.5, 0.6) is 0 Å². The summed E-state index contributed by atoms with van der Waals surface area (Å²) >= 11 is 1.87. The fourth-order valence-electron chi connectivity index (χ4n) is 8.21. The van der Waals surface area contributed by atoms with Gasteiger partial charge in [0.1, 0.15) is 11.2 Å². The molecule has 0 amide bonds. The number of anilines is 3. The van der Waals surface area contributed by atoms with Crippen molar-refractivity contribution < 1.29 is 4.42 Å². The van der Waals surface area contributed by atoms with Gasteiger partial charge in [0.25, 0.3) is 0 Å². The highest BCUT2D eigenvalue weighted by atomic mass is 32.1. The van der Waals surface area contributed by atoms with E-state index in [-0.39, 0.29) is 0 Å². The number of benzene rings is 9. The molecule has 11 rings (SSSR count). The van der Waals surface area contributed by atoms with Crippen molar-refractivity contribution in [1.29, 1.82) is 0 Å². The summed E-state index contributed by atoms with van der Waals surface area (Å²) in [4.78, 5) is 2.41. The van der Waals surface area contributed by atoms with Crippen LogP contribution in [0.3, 0.4) is 0 Å². The van der Waals surface area contributed by atoms with Crippen LogP contribution in [0.2, 0.25) is 0 Å². The van der Waals surface area contributed by atoms with Crippen molar-refractivity contribution >= 4 is 81.3 Å². The molecule has 0 saturated carbocycles. The molecule has 3 heteroatoms. The third kappa shape index (κ3) is 5.32. The molecule has 0 spiro atoms. The standard InChI is InChI=1S/C52H33NOS/c1-3-13-36(14-4-1)42-30-31-47(50-46-18-9-10-21-48(46)54-51(42)50)53(40-26-24-35(25-27-40)39-23-22-34-12-7-8-17-38(34)32-39)41-28-29-44-45-20-11-19-43(37-15-5-2-6-16-37)52(45)55-49(44)33-41/h1-33H. The van der Waals surface area contributed by atoms with E-state index >= 15 is 0 Å². The highest BCUT2D eigenvalue weighted by molar-refractivity contribution is 7.26. The van der Waals surface area contributed by atoms with E-state index in [9.17, 15) is 0 Å². The minimum absolute atomic E-state index is 0.877. The molecule has 0 aliphatic heterocycles. The molecular weight excluding hydrogens is 687 g/mol. The van der Waals surface area contributed by atoms with Crippen molar-refractivity contribution in [2.75, 3.05) is 4.90 Å². The zero-order valence-corrected chi connectivity index (χ0v) is 30.6. The summed E-state index contributed by atoms with van der Waals surface area (Å²) < 4.78 is 9.31. The molecule has 0 fully saturated rings. The second-order valence-corrected chi connectivity index (χ2v) is 15.1. The Kier molecular flexibility index (Phi) is 7.39. The second kappa shape index (κ2) is 12.9. The number of hydrogen-bond acceptors (Lipinski definition) is 3. The zero-order valence-electron chi connectivity index (χ0n) is 29.8. The van der Waals surface area contributed by atoms with Crippen LogP contribution in [0.25, 0.3) is 86.3 Å². The van der Waals surface area contributed by atoms with Crippen molar-refractivity contribution in [3.63, 3.8) is 0 Å². The SMILES string of the molecule is c1ccc(-c2ccc(N(c3ccc(-c4ccc5ccccc5c4)cc3)c3ccc4c(c3)sc3c(-c5ccccc5)cccc34)c3c2oc2ccccc23)cc1. The topological polar surface area (TPSA) is 16.4 Å². The van der Waals surface area contributed by atoms with Gasteiger partial charge >= 0.3 is 0 Å². The molecule has 11 aromatic rings. The van der Waals surface area contributed by atoms with Crippen molar-refractivity contribution in [3.05, 3.63) is 200 Å². The fraction of sp³-hybridized carbons (Fsp3) is 0. The van der Waals surface area contributed by atoms with Crippen LogP contribution in [-0.2, 0) is 0 Å². The molecule has 55 heavy (non-hydrogen) atoms. The molecular formula is C52H33NOS. The molecule has 0 aliphatic rings. The second-order valence-electron chi connectivity index (χ2n) is 14.1. The van der Waals surface area contributed by atoms with E-state index < -0.39 is 0 Å². The first kappa shape index (κ1) is 31.6. The van der Waals surface area contributed by atoms with E-state index in [0.717, 1.165) is 50.1 Å². The zero-order chi connectivity index (χ0) is 36.3. The highest BCUT2D eigenvalue weighted by Gasteiger charge is 2.23. The Morgan fingerprint density at radius 3 is 1.89 bits per heavy atom. The van der Waals surface area contributed by atoms with Crippen LogP contribution in [0.15, 0.2) is 205 Å². The van der Waals surface area contributed by atoms with Gasteiger partial charge < -0.3 is 9.32 Å². The normalized spacial score (nSPS) is 11.6. The van der Waals surface area contributed by atoms with E-state index in [1.54, 1.807) is 0 Å². The van der Waals surface area contributed by atoms with Gasteiger partial charge in [-0.15, -0.1) is 11.3 Å². The number of furan rings is 1. The van der Waals surface area contributed by atoms with E-state index in [2.05, 4.69) is 205 Å². The maximum atomic E-state index is 6.75. The quantitative estimate of drug-likeness (QED) is 0.170. The van der Waals surface area contributed by atoms with Gasteiger partial charge in [0, 0.05) is 42.5 Å². The largest absolute Gasteiger partial charge is 0.455 e. The first-order chi connectivity index (χ1) is 27.3. The number of rotatable bonds is 6. The monoisotopic (exact) mass is 719 g/mol. The smallest absolute Gasteiger partial charge is 0.145 e. The predicted molar refractivity (Wildman–Crippen MR) is 235 cm³/mol. The summed E-state index contributed by atoms with van der Waals surface area (Å²) in [5, 5.41) is 7.24. The molecule has 0 unspecified atom stereocenters. The number of nitrogens with zero attached hydrogens (tertiary/aromatic N) is 1. The van der Waals surface area contributed by atoms with Gasteiger partial charge in [0.15, 0.2) is 0 Å². The summed E-state index contributed by atoms with van der Waals surface area (Å²) in [6, 6.07) is 72.1. The Hall–Kier alpha value is -6.94. The van der Waals surface area contributed by atoms with Gasteiger partial charge in [-0.05, 0) is 87.1 Å². The minimum atomic E-state index is 0.877. The third-order valence-corrected chi connectivity index (χ3v) is 12.1. The summed E-state index contributed by atoms with van der Waals surface area (Å²) in [7, 11) is 0. The first-order valence-corrected chi connectivity index (χ1v) is 19.5. The van der Waals surface area contributed by atoms with E-state index in [1.807, 2.05) is 11.3 Å². The Bertz CT molecular complexity index is 3190. The molecule has 2 heterocycles. The van der Waals surface area contributed by atoms with Crippen LogP contribution < -0.4 is 4.90 Å². The van der Waals surface area contributed by atoms with Crippen LogP contribution in [0, 0.1) is 0 Å². The molecule has 2 aromatic heterocycles. The fourth-order valence-corrected chi connectivity index (χ4v) is 9.48. The van der Waals surface area contributed by atoms with Crippen molar-refractivity contribution in [1.82, 2.24) is 0 Å². The number of para-hydroxylation sites is 1. The van der Waals surface area contributed by atoms with E-state index in [4.69, 9.17) is 4.42 Å². The summed E-state index contributed by atoms with van der Waals surface area (Å²) in [5.74, 6) is 0. The van der Waals surface area contributed by atoms with Gasteiger partial charge in [0.2, 0.25) is 0 Å². The molecule has 0 aliphatic carbocycles. The van der Waals surface area contributed by atoms with Gasteiger partial charge in [-0.1, -0.05) is 152 Å². The summed E-state index contributed by atoms with van der Waals surface area (Å²) in [6.07, 6.45) is 0. The van der Waals surface area contributed by atoms with Gasteiger partial charge in [0.05, 0.1) is 11.1 Å². The number of fused-ring (bicyclic) bond motifs is 7. The lowest BCUT2D eigenvalue weighted by Crippen LogP contribution is -2.10. The Balaban J connectivity index is 1.13. The van der Waals surface area contributed by atoms with Crippen LogP contribution in [-0.4, -0.2) is 0 Å². The Morgan fingerprint density at radius 1 is 0.400 bits per heavy atom. The molecule has 2 nitrogen and oxygen atoms in total. The van der Waals surface area contributed by atoms with Gasteiger partial charge in [-0.3, -0.25) is 0 Å². The predicted octanol–water partition coefficient (Wildman–Crippen LogP) is 15.6. The van der Waals surface area contributed by atoms with Gasteiger partial charge in [-0.2, -0.15) is 0 Å². The minimum Gasteiger partial charge on any atom is -0.455 e. The third-order valence-electron chi connectivity index (χ3n) is 10.9. The Labute approximate surface area is 322 Å². The molecule has 0 atom stereocenters. The van der Waals surface area contributed by atoms with E-state index in [1.165, 1.54) is 53.2 Å².